The average molecular weight is 345 g/mol. The second-order valence-electron chi connectivity index (χ2n) is 6.03. The first-order valence-corrected chi connectivity index (χ1v) is 8.10. The minimum atomic E-state index is -1.22. The fourth-order valence-corrected chi connectivity index (χ4v) is 2.57. The normalized spacial score (nSPS) is 15.4. The minimum Gasteiger partial charge on any atom is -0.490 e. The molecule has 0 radical (unpaired) electrons. The van der Waals surface area contributed by atoms with Crippen molar-refractivity contribution in [2.75, 3.05) is 19.7 Å². The molecule has 0 saturated carbocycles. The predicted octanol–water partition coefficient (Wildman–Crippen LogP) is 2.16. The Balaban J connectivity index is 1.43. The van der Waals surface area contributed by atoms with Gasteiger partial charge in [0.15, 0.2) is 6.10 Å². The van der Waals surface area contributed by atoms with Gasteiger partial charge in [0.2, 0.25) is 0 Å². The number of aliphatic hydroxyl groups excluding tert-OH is 1. The maximum absolute atomic E-state index is 12.8. The first kappa shape index (κ1) is 17.2. The third-order valence-corrected chi connectivity index (χ3v) is 4.05. The van der Waals surface area contributed by atoms with Crippen molar-refractivity contribution in [1.82, 2.24) is 4.90 Å². The summed E-state index contributed by atoms with van der Waals surface area (Å²) in [7, 11) is 0. The van der Waals surface area contributed by atoms with Crippen molar-refractivity contribution >= 4 is 5.91 Å². The van der Waals surface area contributed by atoms with Crippen molar-refractivity contribution in [3.8, 4) is 11.5 Å². The number of likely N-dealkylation sites (tertiary alicyclic amines) is 1. The fourth-order valence-electron chi connectivity index (χ4n) is 2.57. The highest BCUT2D eigenvalue weighted by Crippen LogP contribution is 2.20. The quantitative estimate of drug-likeness (QED) is 0.872. The van der Waals surface area contributed by atoms with E-state index in [4.69, 9.17) is 9.47 Å². The van der Waals surface area contributed by atoms with E-state index in [1.165, 1.54) is 17.0 Å². The lowest BCUT2D eigenvalue weighted by atomic mass is 10.1. The molecule has 1 unspecified atom stereocenters. The minimum absolute atomic E-state index is 0.0936. The molecule has 1 aliphatic rings. The molecular formula is C19H20FNO4. The third-order valence-electron chi connectivity index (χ3n) is 4.05. The van der Waals surface area contributed by atoms with E-state index in [9.17, 15) is 14.3 Å². The third kappa shape index (κ3) is 4.28. The number of hydrogen-bond acceptors (Lipinski definition) is 4. The maximum atomic E-state index is 12.8. The summed E-state index contributed by atoms with van der Waals surface area (Å²) in [6.45, 7) is 2.58. The van der Waals surface area contributed by atoms with E-state index >= 15 is 0 Å². The van der Waals surface area contributed by atoms with E-state index in [0.29, 0.717) is 24.6 Å². The van der Waals surface area contributed by atoms with Crippen molar-refractivity contribution in [2.24, 2.45) is 0 Å². The molecule has 0 bridgehead atoms. The van der Waals surface area contributed by atoms with Gasteiger partial charge in [0.25, 0.3) is 5.91 Å². The van der Waals surface area contributed by atoms with Crippen LogP contribution in [-0.4, -0.2) is 47.8 Å². The van der Waals surface area contributed by atoms with Gasteiger partial charge in [0, 0.05) is 0 Å². The lowest BCUT2D eigenvalue weighted by Gasteiger charge is -2.39. The molecular weight excluding hydrogens is 325 g/mol. The average Bonchev–Trinajstić information content (AvgIpc) is 2.58. The highest BCUT2D eigenvalue weighted by atomic mass is 19.1. The van der Waals surface area contributed by atoms with Crippen LogP contribution in [0.15, 0.2) is 48.5 Å². The maximum Gasteiger partial charge on any atom is 0.255 e. The molecule has 3 rings (SSSR count). The fraction of sp³-hybridized carbons (Fsp3) is 0.316. The number of aliphatic hydroxyl groups is 1. The van der Waals surface area contributed by atoms with Crippen LogP contribution < -0.4 is 9.47 Å². The lowest BCUT2D eigenvalue weighted by Crippen LogP contribution is -2.59. The van der Waals surface area contributed by atoms with Crippen molar-refractivity contribution in [3.63, 3.8) is 0 Å². The number of amides is 1. The lowest BCUT2D eigenvalue weighted by molar-refractivity contribution is -0.150. The topological polar surface area (TPSA) is 59.0 Å². The number of halogens is 1. The molecule has 1 heterocycles. The predicted molar refractivity (Wildman–Crippen MR) is 90.1 cm³/mol. The molecule has 1 amide bonds. The van der Waals surface area contributed by atoms with Gasteiger partial charge in [-0.2, -0.15) is 0 Å². The number of hydrogen-bond donors (Lipinski definition) is 1. The molecule has 0 aliphatic carbocycles. The SMILES string of the molecule is Cc1ccccc1OCC(O)C(=O)N1CC(Oc2ccc(F)cc2)C1. The molecule has 5 nitrogen and oxygen atoms in total. The van der Waals surface area contributed by atoms with Gasteiger partial charge in [0.1, 0.15) is 30.0 Å². The van der Waals surface area contributed by atoms with Gasteiger partial charge in [-0.05, 0) is 42.8 Å². The van der Waals surface area contributed by atoms with Crippen LogP contribution >= 0.6 is 0 Å². The zero-order valence-corrected chi connectivity index (χ0v) is 13.9. The van der Waals surface area contributed by atoms with Crippen LogP contribution in [0.5, 0.6) is 11.5 Å². The number of nitrogens with zero attached hydrogens (tertiary/aromatic N) is 1. The molecule has 0 aromatic heterocycles. The summed E-state index contributed by atoms with van der Waals surface area (Å²) in [6, 6.07) is 13.2. The van der Waals surface area contributed by atoms with Crippen molar-refractivity contribution < 1.29 is 23.8 Å². The van der Waals surface area contributed by atoms with Gasteiger partial charge < -0.3 is 19.5 Å². The number of carbonyl (C=O) groups is 1. The van der Waals surface area contributed by atoms with E-state index in [2.05, 4.69) is 0 Å². The van der Waals surface area contributed by atoms with Crippen LogP contribution in [0.4, 0.5) is 4.39 Å². The van der Waals surface area contributed by atoms with Crippen molar-refractivity contribution in [1.29, 1.82) is 0 Å². The molecule has 0 spiro atoms. The Morgan fingerprint density at radius 2 is 1.92 bits per heavy atom. The Hall–Kier alpha value is -2.60. The van der Waals surface area contributed by atoms with Gasteiger partial charge >= 0.3 is 0 Å². The summed E-state index contributed by atoms with van der Waals surface area (Å²) >= 11 is 0. The highest BCUT2D eigenvalue weighted by molar-refractivity contribution is 5.81. The number of para-hydroxylation sites is 1. The van der Waals surface area contributed by atoms with Crippen LogP contribution in [0.3, 0.4) is 0 Å². The Morgan fingerprint density at radius 1 is 1.24 bits per heavy atom. The van der Waals surface area contributed by atoms with E-state index in [1.54, 1.807) is 18.2 Å². The Bertz CT molecular complexity index is 728. The Morgan fingerprint density at radius 3 is 2.60 bits per heavy atom. The summed E-state index contributed by atoms with van der Waals surface area (Å²) in [5, 5.41) is 10.0. The zero-order valence-electron chi connectivity index (χ0n) is 13.9. The summed E-state index contributed by atoms with van der Waals surface area (Å²) < 4.78 is 24.0. The van der Waals surface area contributed by atoms with Crippen LogP contribution in [0.1, 0.15) is 5.56 Å². The second-order valence-corrected chi connectivity index (χ2v) is 6.03. The first-order chi connectivity index (χ1) is 12.0. The number of ether oxygens (including phenoxy) is 2. The highest BCUT2D eigenvalue weighted by Gasteiger charge is 2.35. The monoisotopic (exact) mass is 345 g/mol. The van der Waals surface area contributed by atoms with Crippen LogP contribution in [-0.2, 0) is 4.79 Å². The summed E-state index contributed by atoms with van der Waals surface area (Å²) in [5.74, 6) is 0.500. The summed E-state index contributed by atoms with van der Waals surface area (Å²) in [6.07, 6.45) is -1.37. The van der Waals surface area contributed by atoms with Gasteiger partial charge in [-0.25, -0.2) is 4.39 Å². The van der Waals surface area contributed by atoms with Gasteiger partial charge in [-0.1, -0.05) is 18.2 Å². The van der Waals surface area contributed by atoms with E-state index in [-0.39, 0.29) is 24.4 Å². The largest absolute Gasteiger partial charge is 0.490 e. The number of aryl methyl sites for hydroxylation is 1. The molecule has 1 saturated heterocycles. The molecule has 6 heteroatoms. The summed E-state index contributed by atoms with van der Waals surface area (Å²) in [5.41, 5.74) is 0.943. The molecule has 2 aromatic rings. The number of benzene rings is 2. The van der Waals surface area contributed by atoms with Crippen molar-refractivity contribution in [2.45, 2.75) is 19.1 Å². The van der Waals surface area contributed by atoms with Crippen molar-refractivity contribution in [3.05, 3.63) is 59.9 Å². The standard InChI is InChI=1S/C19H20FNO4/c1-13-4-2-3-5-18(13)24-12-17(22)19(23)21-10-16(11-21)25-15-8-6-14(20)7-9-15/h2-9,16-17,22H,10-12H2,1H3. The van der Waals surface area contributed by atoms with Gasteiger partial charge in [0.05, 0.1) is 13.1 Å². The molecule has 1 aliphatic heterocycles. The molecule has 2 aromatic carbocycles. The molecule has 132 valence electrons. The van der Waals surface area contributed by atoms with E-state index < -0.39 is 6.10 Å². The van der Waals surface area contributed by atoms with Crippen LogP contribution in [0, 0.1) is 12.7 Å². The molecule has 1 fully saturated rings. The van der Waals surface area contributed by atoms with Crippen LogP contribution in [0.2, 0.25) is 0 Å². The smallest absolute Gasteiger partial charge is 0.255 e. The van der Waals surface area contributed by atoms with E-state index in [1.807, 2.05) is 25.1 Å². The van der Waals surface area contributed by atoms with E-state index in [0.717, 1.165) is 5.56 Å². The Kier molecular flexibility index (Phi) is 5.19. The first-order valence-electron chi connectivity index (χ1n) is 8.10. The molecule has 1 N–H and O–H groups in total. The van der Waals surface area contributed by atoms with Gasteiger partial charge in [-0.3, -0.25) is 4.79 Å². The van der Waals surface area contributed by atoms with Crippen LogP contribution in [0.25, 0.3) is 0 Å². The zero-order chi connectivity index (χ0) is 17.8. The Labute approximate surface area is 145 Å². The second kappa shape index (κ2) is 7.53. The summed E-state index contributed by atoms with van der Waals surface area (Å²) in [4.78, 5) is 13.7. The number of carbonyl (C=O) groups excluding carboxylic acids is 1. The van der Waals surface area contributed by atoms with Gasteiger partial charge in [-0.15, -0.1) is 0 Å². The molecule has 25 heavy (non-hydrogen) atoms. The number of rotatable bonds is 6. The molecule has 1 atom stereocenters.